The van der Waals surface area contributed by atoms with Crippen LogP contribution in [-0.4, -0.2) is 18.3 Å². The topological polar surface area (TPSA) is 12.0 Å². The van der Waals surface area contributed by atoms with Gasteiger partial charge in [-0.3, -0.25) is 0 Å². The molecule has 0 spiro atoms. The predicted molar refractivity (Wildman–Crippen MR) is 48.7 cm³/mol. The summed E-state index contributed by atoms with van der Waals surface area (Å²) in [6, 6.07) is 0. The van der Waals surface area contributed by atoms with Gasteiger partial charge >= 0.3 is 0 Å². The van der Waals surface area contributed by atoms with Crippen molar-refractivity contribution in [2.24, 2.45) is 5.92 Å². The second-order valence-corrected chi connectivity index (χ2v) is 4.18. The van der Waals surface area contributed by atoms with Gasteiger partial charge in [-0.15, -0.1) is 0 Å². The molecular weight excluding hydrogens is 142 g/mol. The zero-order valence-corrected chi connectivity index (χ0v) is 7.53. The Bertz CT molecular complexity index is 87.3. The van der Waals surface area contributed by atoms with Gasteiger partial charge in [0.15, 0.2) is 0 Å². The smallest absolute Gasteiger partial charge is 0.000848 e. The van der Waals surface area contributed by atoms with Crippen LogP contribution in [0.5, 0.6) is 0 Å². The zero-order valence-electron chi connectivity index (χ0n) is 6.64. The van der Waals surface area contributed by atoms with Gasteiger partial charge in [0, 0.05) is 0 Å². The first-order chi connectivity index (χ1) is 4.79. The fourth-order valence-corrected chi connectivity index (χ4v) is 1.91. The van der Waals surface area contributed by atoms with Crippen LogP contribution in [0.15, 0.2) is 0 Å². The van der Waals surface area contributed by atoms with Gasteiger partial charge in [-0.1, -0.05) is 6.92 Å². The van der Waals surface area contributed by atoms with Crippen LogP contribution in [0.1, 0.15) is 26.2 Å². The Kier molecular flexibility index (Phi) is 3.57. The van der Waals surface area contributed by atoms with Crippen LogP contribution >= 0.6 is 12.6 Å². The molecule has 0 aromatic rings. The highest BCUT2D eigenvalue weighted by atomic mass is 32.1. The van der Waals surface area contributed by atoms with E-state index >= 15 is 0 Å². The van der Waals surface area contributed by atoms with Crippen molar-refractivity contribution in [2.75, 3.05) is 13.1 Å². The number of hydrogen-bond acceptors (Lipinski definition) is 2. The van der Waals surface area contributed by atoms with Crippen molar-refractivity contribution < 1.29 is 0 Å². The van der Waals surface area contributed by atoms with E-state index in [4.69, 9.17) is 0 Å². The van der Waals surface area contributed by atoms with Gasteiger partial charge in [0.1, 0.15) is 0 Å². The minimum Gasteiger partial charge on any atom is -0.316 e. The summed E-state index contributed by atoms with van der Waals surface area (Å²) in [5.74, 6) is 0.890. The van der Waals surface area contributed by atoms with Crippen LogP contribution in [0.25, 0.3) is 0 Å². The van der Waals surface area contributed by atoms with Crippen LogP contribution in [0.2, 0.25) is 0 Å². The Hall–Kier alpha value is 0.310. The maximum absolute atomic E-state index is 4.38. The Morgan fingerprint density at radius 3 is 3.00 bits per heavy atom. The van der Waals surface area contributed by atoms with Crippen LogP contribution in [0.4, 0.5) is 0 Å². The van der Waals surface area contributed by atoms with Crippen LogP contribution < -0.4 is 5.32 Å². The maximum Gasteiger partial charge on any atom is -0.000848 e. The van der Waals surface area contributed by atoms with E-state index in [1.165, 1.54) is 32.4 Å². The molecule has 2 atom stereocenters. The van der Waals surface area contributed by atoms with E-state index in [0.29, 0.717) is 5.25 Å². The number of piperidine rings is 1. The van der Waals surface area contributed by atoms with E-state index < -0.39 is 0 Å². The minimum atomic E-state index is 0.574. The van der Waals surface area contributed by atoms with Gasteiger partial charge in [-0.25, -0.2) is 0 Å². The molecule has 1 rings (SSSR count). The molecule has 1 N–H and O–H groups in total. The van der Waals surface area contributed by atoms with E-state index in [2.05, 4.69) is 24.9 Å². The Morgan fingerprint density at radius 2 is 2.50 bits per heavy atom. The zero-order chi connectivity index (χ0) is 7.40. The molecule has 1 aliphatic heterocycles. The van der Waals surface area contributed by atoms with Gasteiger partial charge in [0.25, 0.3) is 0 Å². The van der Waals surface area contributed by atoms with Gasteiger partial charge in [-0.05, 0) is 43.5 Å². The van der Waals surface area contributed by atoms with Crippen molar-refractivity contribution in [3.63, 3.8) is 0 Å². The molecule has 1 aliphatic rings. The number of thiol groups is 1. The van der Waals surface area contributed by atoms with E-state index in [-0.39, 0.29) is 0 Å². The fraction of sp³-hybridized carbons (Fsp3) is 1.00. The predicted octanol–water partition coefficient (Wildman–Crippen LogP) is 1.69. The average Bonchev–Trinajstić information content (AvgIpc) is 1.88. The van der Waals surface area contributed by atoms with Crippen molar-refractivity contribution >= 4 is 12.6 Å². The molecule has 0 saturated carbocycles. The van der Waals surface area contributed by atoms with Crippen LogP contribution in [0.3, 0.4) is 0 Å². The van der Waals surface area contributed by atoms with Crippen molar-refractivity contribution in [1.29, 1.82) is 0 Å². The number of nitrogens with one attached hydrogen (secondary N) is 1. The SMILES string of the molecule is CC(S)CC1CCCNC1. The first-order valence-electron chi connectivity index (χ1n) is 4.18. The fourth-order valence-electron chi connectivity index (χ4n) is 1.61. The third-order valence-corrected chi connectivity index (χ3v) is 2.28. The van der Waals surface area contributed by atoms with Gasteiger partial charge in [-0.2, -0.15) is 12.6 Å². The summed E-state index contributed by atoms with van der Waals surface area (Å²) in [4.78, 5) is 0. The molecule has 1 fully saturated rings. The van der Waals surface area contributed by atoms with Crippen LogP contribution in [-0.2, 0) is 0 Å². The first-order valence-corrected chi connectivity index (χ1v) is 4.69. The van der Waals surface area contributed by atoms with Crippen molar-refractivity contribution in [2.45, 2.75) is 31.4 Å². The molecule has 0 bridgehead atoms. The quantitative estimate of drug-likeness (QED) is 0.584. The highest BCUT2D eigenvalue weighted by Crippen LogP contribution is 2.17. The van der Waals surface area contributed by atoms with Crippen molar-refractivity contribution in [3.8, 4) is 0 Å². The standard InChI is InChI=1S/C8H17NS/c1-7(10)5-8-3-2-4-9-6-8/h7-10H,2-6H2,1H3. The molecule has 0 aromatic heterocycles. The normalized spacial score (nSPS) is 30.0. The van der Waals surface area contributed by atoms with Gasteiger partial charge < -0.3 is 5.32 Å². The van der Waals surface area contributed by atoms with E-state index in [1.54, 1.807) is 0 Å². The van der Waals surface area contributed by atoms with Gasteiger partial charge in [0.2, 0.25) is 0 Å². The Morgan fingerprint density at radius 1 is 1.70 bits per heavy atom. The lowest BCUT2D eigenvalue weighted by Gasteiger charge is -2.23. The molecule has 0 aromatic carbocycles. The minimum absolute atomic E-state index is 0.574. The summed E-state index contributed by atoms with van der Waals surface area (Å²) in [6.07, 6.45) is 4.03. The average molecular weight is 159 g/mol. The lowest BCUT2D eigenvalue weighted by atomic mass is 9.95. The molecule has 2 unspecified atom stereocenters. The van der Waals surface area contributed by atoms with E-state index in [0.717, 1.165) is 5.92 Å². The summed E-state index contributed by atoms with van der Waals surface area (Å²) in [7, 11) is 0. The maximum atomic E-state index is 4.38. The summed E-state index contributed by atoms with van der Waals surface area (Å²) in [6.45, 7) is 4.61. The Labute approximate surface area is 69.0 Å². The number of hydrogen-bond donors (Lipinski definition) is 2. The van der Waals surface area contributed by atoms with E-state index in [1.807, 2.05) is 0 Å². The molecule has 60 valence electrons. The van der Waals surface area contributed by atoms with Crippen LogP contribution in [0, 0.1) is 5.92 Å². The van der Waals surface area contributed by atoms with Crippen molar-refractivity contribution in [1.82, 2.24) is 5.32 Å². The molecule has 0 amide bonds. The molecular formula is C8H17NS. The molecule has 0 aliphatic carbocycles. The highest BCUT2D eigenvalue weighted by molar-refractivity contribution is 7.80. The molecule has 10 heavy (non-hydrogen) atoms. The molecule has 1 nitrogen and oxygen atoms in total. The third-order valence-electron chi connectivity index (χ3n) is 2.07. The van der Waals surface area contributed by atoms with Gasteiger partial charge in [0.05, 0.1) is 0 Å². The lowest BCUT2D eigenvalue weighted by molar-refractivity contribution is 0.358. The Balaban J connectivity index is 2.13. The highest BCUT2D eigenvalue weighted by Gasteiger charge is 2.13. The summed E-state index contributed by atoms with van der Waals surface area (Å²) in [5.41, 5.74) is 0. The largest absolute Gasteiger partial charge is 0.316 e. The molecule has 2 heteroatoms. The summed E-state index contributed by atoms with van der Waals surface area (Å²) >= 11 is 4.38. The monoisotopic (exact) mass is 159 g/mol. The third kappa shape index (κ3) is 2.93. The molecule has 0 radical (unpaired) electrons. The molecule has 1 saturated heterocycles. The van der Waals surface area contributed by atoms with Crippen molar-refractivity contribution in [3.05, 3.63) is 0 Å². The second-order valence-electron chi connectivity index (χ2n) is 3.30. The number of rotatable bonds is 2. The second kappa shape index (κ2) is 4.24. The summed E-state index contributed by atoms with van der Waals surface area (Å²) in [5, 5.41) is 3.98. The van der Waals surface area contributed by atoms with E-state index in [9.17, 15) is 0 Å². The lowest BCUT2D eigenvalue weighted by Crippen LogP contribution is -2.30. The molecule has 1 heterocycles. The first kappa shape index (κ1) is 8.41. The summed E-state index contributed by atoms with van der Waals surface area (Å²) < 4.78 is 0.